The summed E-state index contributed by atoms with van der Waals surface area (Å²) in [6, 6.07) is 67.4. The number of hydrogen-bond acceptors (Lipinski definition) is 2. The van der Waals surface area contributed by atoms with Gasteiger partial charge in [0.2, 0.25) is 0 Å². The Morgan fingerprint density at radius 3 is 0.920 bits per heavy atom. The molecule has 3 nitrogen and oxygen atoms in total. The van der Waals surface area contributed by atoms with Gasteiger partial charge in [-0.1, -0.05) is 97.1 Å². The zero-order chi connectivity index (χ0) is 34.1. The zero-order valence-corrected chi connectivity index (χ0v) is 32.2. The average Bonchev–Trinajstić information content (AvgIpc) is 3.16. The summed E-state index contributed by atoms with van der Waals surface area (Å²) in [5, 5.41) is 27.7. The van der Waals surface area contributed by atoms with Crippen LogP contribution in [0.4, 0.5) is 0 Å². The van der Waals surface area contributed by atoms with Crippen LogP contribution in [0.2, 0.25) is 0 Å². The predicted molar refractivity (Wildman–Crippen MR) is 214 cm³/mol. The monoisotopic (exact) mass is 866 g/mol. The third kappa shape index (κ3) is 11.0. The molecule has 0 aliphatic rings. The standard InChI is InChI=1S/2C18H15OP.C8H7.H2O.Re/c2*19-17-13-7-8-14-18(17)20(15-9-3-1-4-10-15)16-11-5-2-6-12-16;1-2-8-6-4-3-5-7-8;;/h2*1-14,19H;3-7H,2H2;1H2;/p+2. The molecule has 0 aromatic heterocycles. The Labute approximate surface area is 308 Å². The minimum atomic E-state index is -1.16. The van der Waals surface area contributed by atoms with Crippen LogP contribution in [0.15, 0.2) is 200 Å². The summed E-state index contributed by atoms with van der Waals surface area (Å²) < 4.78 is 3.14. The SMILES string of the molecule is O.Oc1ccccc1[PH+](c1ccccc1)c1ccccc1.Oc1ccccc1[PH+](c1ccccc1)c1ccccc1.[Re]#[C]Cc1ccccc1. The summed E-state index contributed by atoms with van der Waals surface area (Å²) in [6.45, 7) is 0. The van der Waals surface area contributed by atoms with Crippen LogP contribution in [0.1, 0.15) is 5.56 Å². The van der Waals surface area contributed by atoms with Crippen LogP contribution in [0.25, 0.3) is 0 Å². The Morgan fingerprint density at radius 1 is 0.380 bits per heavy atom. The number of benzene rings is 7. The molecule has 0 aliphatic carbocycles. The second-order valence-electron chi connectivity index (χ2n) is 11.0. The topological polar surface area (TPSA) is 72.0 Å². The first-order valence-electron chi connectivity index (χ1n) is 16.1. The first-order chi connectivity index (χ1) is 24.2. The quantitative estimate of drug-likeness (QED) is 0.176. The van der Waals surface area contributed by atoms with Gasteiger partial charge < -0.3 is 15.7 Å². The maximum absolute atomic E-state index is 10.2. The molecule has 7 rings (SSSR count). The first kappa shape index (κ1) is 38.2. The summed E-state index contributed by atoms with van der Waals surface area (Å²) in [5.41, 5.74) is 1.35. The fourth-order valence-electron chi connectivity index (χ4n) is 5.42. The molecule has 0 spiro atoms. The molecule has 7 aromatic rings. The third-order valence-corrected chi connectivity index (χ3v) is 13.8. The minimum absolute atomic E-state index is 0. The normalized spacial score (nSPS) is 10.0. The van der Waals surface area contributed by atoms with E-state index in [1.807, 2.05) is 66.7 Å². The van der Waals surface area contributed by atoms with Gasteiger partial charge in [-0.2, -0.15) is 0 Å². The number of para-hydroxylation sites is 2. The van der Waals surface area contributed by atoms with E-state index in [4.69, 9.17) is 0 Å². The summed E-state index contributed by atoms with van der Waals surface area (Å²) in [4.78, 5) is 0. The molecule has 0 heterocycles. The number of phenols is 2. The van der Waals surface area contributed by atoms with Gasteiger partial charge in [0, 0.05) is 0 Å². The van der Waals surface area contributed by atoms with E-state index in [2.05, 4.69) is 126 Å². The molecule has 0 bridgehead atoms. The Hall–Kier alpha value is -4.60. The third-order valence-electron chi connectivity index (χ3n) is 7.71. The second kappa shape index (κ2) is 20.8. The fourth-order valence-corrected chi connectivity index (χ4v) is 11.2. The Kier molecular flexibility index (Phi) is 15.9. The molecular weight excluding hydrogens is 825 g/mol. The number of phenolic OH excluding ortho intramolecular Hbond substituents is 2. The van der Waals surface area contributed by atoms with Gasteiger partial charge >= 0.3 is 65.2 Å². The van der Waals surface area contributed by atoms with Crippen LogP contribution in [0.3, 0.4) is 0 Å². The van der Waals surface area contributed by atoms with E-state index in [0.717, 1.165) is 17.0 Å². The molecule has 0 saturated carbocycles. The van der Waals surface area contributed by atoms with Crippen LogP contribution in [0, 0.1) is 4.29 Å². The van der Waals surface area contributed by atoms with Crippen molar-refractivity contribution in [2.45, 2.75) is 6.42 Å². The van der Waals surface area contributed by atoms with Crippen molar-refractivity contribution in [2.75, 3.05) is 0 Å². The van der Waals surface area contributed by atoms with Crippen molar-refractivity contribution in [1.82, 2.24) is 0 Å². The van der Waals surface area contributed by atoms with Crippen molar-refractivity contribution in [2.24, 2.45) is 0 Å². The van der Waals surface area contributed by atoms with Gasteiger partial charge in [-0.15, -0.1) is 0 Å². The van der Waals surface area contributed by atoms with Crippen molar-refractivity contribution in [3.8, 4) is 15.8 Å². The van der Waals surface area contributed by atoms with E-state index in [1.165, 1.54) is 26.8 Å². The number of aromatic hydroxyl groups is 2. The van der Waals surface area contributed by atoms with E-state index in [9.17, 15) is 10.2 Å². The molecule has 50 heavy (non-hydrogen) atoms. The summed E-state index contributed by atoms with van der Waals surface area (Å²) in [6.07, 6.45) is 0.984. The molecule has 0 unspecified atom stereocenters. The van der Waals surface area contributed by atoms with Crippen molar-refractivity contribution in [3.63, 3.8) is 0 Å². The number of rotatable bonds is 7. The van der Waals surface area contributed by atoms with Crippen LogP contribution in [-0.2, 0) is 25.0 Å². The van der Waals surface area contributed by atoms with Crippen molar-refractivity contribution >= 4 is 47.7 Å². The second-order valence-corrected chi connectivity index (χ2v) is 16.9. The van der Waals surface area contributed by atoms with Gasteiger partial charge in [0.05, 0.1) is 0 Å². The average molecular weight is 866 g/mol. The summed E-state index contributed by atoms with van der Waals surface area (Å²) in [7, 11) is -2.31. The summed E-state index contributed by atoms with van der Waals surface area (Å²) in [5.74, 6) is 0.767. The Balaban J connectivity index is 0.000000179. The molecule has 0 amide bonds. The van der Waals surface area contributed by atoms with E-state index < -0.39 is 15.8 Å². The molecule has 250 valence electrons. The molecule has 0 radical (unpaired) electrons. The first-order valence-corrected chi connectivity index (χ1v) is 20.4. The molecular formula is C44H41O3P2Re+2. The molecule has 0 saturated heterocycles. The van der Waals surface area contributed by atoms with Gasteiger partial charge in [-0.3, -0.25) is 0 Å². The van der Waals surface area contributed by atoms with E-state index in [0.29, 0.717) is 11.5 Å². The van der Waals surface area contributed by atoms with Crippen LogP contribution in [0.5, 0.6) is 11.5 Å². The fraction of sp³-hybridized carbons (Fsp3) is 0.0227. The molecule has 4 N–H and O–H groups in total. The van der Waals surface area contributed by atoms with Crippen LogP contribution >= 0.6 is 15.8 Å². The molecule has 6 heteroatoms. The predicted octanol–water partition coefficient (Wildman–Crippen LogP) is 6.68. The Bertz CT molecular complexity index is 1820. The summed E-state index contributed by atoms with van der Waals surface area (Å²) >= 11 is 1.60. The van der Waals surface area contributed by atoms with Crippen molar-refractivity contribution in [3.05, 3.63) is 206 Å². The molecule has 7 aromatic carbocycles. The van der Waals surface area contributed by atoms with Gasteiger partial charge in [0.25, 0.3) is 0 Å². The van der Waals surface area contributed by atoms with E-state index in [1.54, 1.807) is 30.7 Å². The van der Waals surface area contributed by atoms with Crippen molar-refractivity contribution < 1.29 is 34.2 Å². The molecule has 0 aliphatic heterocycles. The van der Waals surface area contributed by atoms with Gasteiger partial charge in [-0.05, 0) is 72.8 Å². The van der Waals surface area contributed by atoms with Gasteiger partial charge in [-0.25, -0.2) is 0 Å². The molecule has 0 atom stereocenters. The van der Waals surface area contributed by atoms with Crippen molar-refractivity contribution in [1.29, 1.82) is 0 Å². The molecule has 0 fully saturated rings. The number of hydrogen-bond donors (Lipinski definition) is 2. The van der Waals surface area contributed by atoms with Crippen LogP contribution < -0.4 is 31.8 Å². The van der Waals surface area contributed by atoms with Gasteiger partial charge in [0.1, 0.15) is 47.7 Å². The van der Waals surface area contributed by atoms with Crippen LogP contribution in [-0.4, -0.2) is 15.7 Å². The van der Waals surface area contributed by atoms with Gasteiger partial charge in [0.15, 0.2) is 11.5 Å². The zero-order valence-electron chi connectivity index (χ0n) is 27.5. The van der Waals surface area contributed by atoms with E-state index >= 15 is 0 Å². The maximum atomic E-state index is 10.2. The van der Waals surface area contributed by atoms with E-state index in [-0.39, 0.29) is 5.48 Å². The Morgan fingerprint density at radius 2 is 0.640 bits per heavy atom.